The molecule has 120 valence electrons. The topological polar surface area (TPSA) is 26.3 Å². The second-order valence-electron chi connectivity index (χ2n) is 5.97. The summed E-state index contributed by atoms with van der Waals surface area (Å²) >= 11 is 0. The first-order chi connectivity index (χ1) is 11.1. The van der Waals surface area contributed by atoms with Crippen molar-refractivity contribution >= 4 is 12.0 Å². The van der Waals surface area contributed by atoms with E-state index in [4.69, 9.17) is 4.74 Å². The van der Waals surface area contributed by atoms with Gasteiger partial charge in [0.25, 0.3) is 0 Å². The normalized spacial score (nSPS) is 11.1. The third-order valence-electron chi connectivity index (χ3n) is 3.70. The van der Waals surface area contributed by atoms with Crippen molar-refractivity contribution in [3.63, 3.8) is 0 Å². The molecule has 0 fully saturated rings. The van der Waals surface area contributed by atoms with Gasteiger partial charge in [-0.05, 0) is 47.2 Å². The second kappa shape index (κ2) is 8.33. The number of esters is 1. The Morgan fingerprint density at radius 1 is 1.04 bits per heavy atom. The summed E-state index contributed by atoms with van der Waals surface area (Å²) in [5, 5.41) is 0. The SMILES string of the molecule is CCCc1ccc(OC(=O)/C=C/c2ccc(C(C)C)cc2)cc1. The Kier molecular flexibility index (Phi) is 6.16. The van der Waals surface area contributed by atoms with Gasteiger partial charge in [-0.2, -0.15) is 0 Å². The highest BCUT2D eigenvalue weighted by atomic mass is 16.5. The lowest BCUT2D eigenvalue weighted by Crippen LogP contribution is -2.03. The average molecular weight is 308 g/mol. The number of benzene rings is 2. The molecule has 0 aliphatic carbocycles. The molecule has 2 aromatic carbocycles. The summed E-state index contributed by atoms with van der Waals surface area (Å²) in [6.07, 6.45) is 5.39. The molecule has 0 radical (unpaired) electrons. The van der Waals surface area contributed by atoms with Crippen LogP contribution in [0, 0.1) is 0 Å². The van der Waals surface area contributed by atoms with E-state index in [0.29, 0.717) is 11.7 Å². The summed E-state index contributed by atoms with van der Waals surface area (Å²) in [4.78, 5) is 11.9. The van der Waals surface area contributed by atoms with Crippen molar-refractivity contribution in [2.45, 2.75) is 39.5 Å². The van der Waals surface area contributed by atoms with Gasteiger partial charge in [0.15, 0.2) is 0 Å². The molecule has 0 amide bonds. The van der Waals surface area contributed by atoms with Gasteiger partial charge in [-0.15, -0.1) is 0 Å². The fourth-order valence-corrected chi connectivity index (χ4v) is 2.32. The molecule has 0 aromatic heterocycles. The molecule has 2 rings (SSSR count). The molecule has 0 unspecified atom stereocenters. The highest BCUT2D eigenvalue weighted by molar-refractivity contribution is 5.88. The second-order valence-corrected chi connectivity index (χ2v) is 5.97. The molecule has 0 saturated heterocycles. The summed E-state index contributed by atoms with van der Waals surface area (Å²) in [7, 11) is 0. The molecule has 0 atom stereocenters. The predicted molar refractivity (Wildman–Crippen MR) is 95.6 cm³/mol. The number of ether oxygens (including phenoxy) is 1. The smallest absolute Gasteiger partial charge is 0.336 e. The van der Waals surface area contributed by atoms with E-state index in [0.717, 1.165) is 18.4 Å². The molecule has 0 saturated carbocycles. The van der Waals surface area contributed by atoms with Crippen LogP contribution in [0.15, 0.2) is 54.6 Å². The van der Waals surface area contributed by atoms with Gasteiger partial charge in [0.1, 0.15) is 5.75 Å². The Morgan fingerprint density at radius 3 is 2.26 bits per heavy atom. The quantitative estimate of drug-likeness (QED) is 0.407. The van der Waals surface area contributed by atoms with E-state index in [1.54, 1.807) is 6.08 Å². The largest absolute Gasteiger partial charge is 0.423 e. The molecule has 0 N–H and O–H groups in total. The van der Waals surface area contributed by atoms with Crippen LogP contribution in [-0.2, 0) is 11.2 Å². The number of carbonyl (C=O) groups is 1. The standard InChI is InChI=1S/C21H24O2/c1-4-5-17-8-13-20(14-9-17)23-21(22)15-10-18-6-11-19(12-7-18)16(2)3/h6-16H,4-5H2,1-3H3/b15-10+. The zero-order valence-electron chi connectivity index (χ0n) is 14.1. The molecular weight excluding hydrogens is 284 g/mol. The molecule has 2 heteroatoms. The first-order valence-electron chi connectivity index (χ1n) is 8.17. The average Bonchev–Trinajstić information content (AvgIpc) is 2.55. The predicted octanol–water partition coefficient (Wildman–Crippen LogP) is 5.38. The third-order valence-corrected chi connectivity index (χ3v) is 3.70. The van der Waals surface area contributed by atoms with E-state index in [-0.39, 0.29) is 5.97 Å². The lowest BCUT2D eigenvalue weighted by atomic mass is 10.0. The molecule has 0 spiro atoms. The molecular formula is C21H24O2. The molecule has 23 heavy (non-hydrogen) atoms. The van der Waals surface area contributed by atoms with Gasteiger partial charge in [0.05, 0.1) is 0 Å². The zero-order chi connectivity index (χ0) is 16.7. The molecule has 0 aliphatic heterocycles. The molecule has 2 aromatic rings. The van der Waals surface area contributed by atoms with E-state index in [9.17, 15) is 4.79 Å². The van der Waals surface area contributed by atoms with Crippen molar-refractivity contribution in [3.05, 3.63) is 71.3 Å². The van der Waals surface area contributed by atoms with Gasteiger partial charge in [-0.3, -0.25) is 0 Å². The van der Waals surface area contributed by atoms with E-state index in [1.807, 2.05) is 36.4 Å². The minimum Gasteiger partial charge on any atom is -0.423 e. The van der Waals surface area contributed by atoms with E-state index in [1.165, 1.54) is 17.2 Å². The van der Waals surface area contributed by atoms with Crippen LogP contribution < -0.4 is 4.74 Å². The maximum Gasteiger partial charge on any atom is 0.336 e. The third kappa shape index (κ3) is 5.41. The molecule has 2 nitrogen and oxygen atoms in total. The van der Waals surface area contributed by atoms with Crippen LogP contribution in [0.2, 0.25) is 0 Å². The van der Waals surface area contributed by atoms with Gasteiger partial charge in [0.2, 0.25) is 0 Å². The van der Waals surface area contributed by atoms with Crippen LogP contribution >= 0.6 is 0 Å². The molecule has 0 heterocycles. The number of hydrogen-bond acceptors (Lipinski definition) is 2. The van der Waals surface area contributed by atoms with Gasteiger partial charge >= 0.3 is 5.97 Å². The highest BCUT2D eigenvalue weighted by Crippen LogP contribution is 2.16. The Labute approximate surface area is 138 Å². The summed E-state index contributed by atoms with van der Waals surface area (Å²) in [5.41, 5.74) is 3.54. The van der Waals surface area contributed by atoms with Crippen LogP contribution in [0.4, 0.5) is 0 Å². The van der Waals surface area contributed by atoms with Gasteiger partial charge < -0.3 is 4.74 Å². The van der Waals surface area contributed by atoms with Crippen molar-refractivity contribution in [2.24, 2.45) is 0 Å². The summed E-state index contributed by atoms with van der Waals surface area (Å²) in [5.74, 6) is 0.726. The van der Waals surface area contributed by atoms with Crippen molar-refractivity contribution in [1.29, 1.82) is 0 Å². The van der Waals surface area contributed by atoms with Crippen LogP contribution in [0.5, 0.6) is 5.75 Å². The van der Waals surface area contributed by atoms with E-state index >= 15 is 0 Å². The molecule has 0 bridgehead atoms. The fraction of sp³-hybridized carbons (Fsp3) is 0.286. The van der Waals surface area contributed by atoms with Crippen LogP contribution in [0.1, 0.15) is 49.8 Å². The van der Waals surface area contributed by atoms with Crippen molar-refractivity contribution in [3.8, 4) is 5.75 Å². The van der Waals surface area contributed by atoms with Crippen molar-refractivity contribution < 1.29 is 9.53 Å². The van der Waals surface area contributed by atoms with Crippen molar-refractivity contribution in [1.82, 2.24) is 0 Å². The first-order valence-corrected chi connectivity index (χ1v) is 8.17. The number of hydrogen-bond donors (Lipinski definition) is 0. The highest BCUT2D eigenvalue weighted by Gasteiger charge is 2.01. The fourth-order valence-electron chi connectivity index (χ4n) is 2.32. The lowest BCUT2D eigenvalue weighted by molar-refractivity contribution is -0.128. The van der Waals surface area contributed by atoms with Crippen LogP contribution in [-0.4, -0.2) is 5.97 Å². The zero-order valence-corrected chi connectivity index (χ0v) is 14.1. The maximum atomic E-state index is 11.9. The summed E-state index contributed by atoms with van der Waals surface area (Å²) < 4.78 is 5.31. The van der Waals surface area contributed by atoms with Crippen LogP contribution in [0.3, 0.4) is 0 Å². The van der Waals surface area contributed by atoms with E-state index < -0.39 is 0 Å². The first kappa shape index (κ1) is 17.0. The van der Waals surface area contributed by atoms with Crippen LogP contribution in [0.25, 0.3) is 6.08 Å². The van der Waals surface area contributed by atoms with E-state index in [2.05, 4.69) is 32.9 Å². The summed E-state index contributed by atoms with van der Waals surface area (Å²) in [6, 6.07) is 15.9. The maximum absolute atomic E-state index is 11.9. The minimum atomic E-state index is -0.360. The summed E-state index contributed by atoms with van der Waals surface area (Å²) in [6.45, 7) is 6.47. The van der Waals surface area contributed by atoms with Gasteiger partial charge in [-0.25, -0.2) is 4.79 Å². The Hall–Kier alpha value is -2.35. The van der Waals surface area contributed by atoms with Gasteiger partial charge in [-0.1, -0.05) is 63.6 Å². The Morgan fingerprint density at radius 2 is 1.70 bits per heavy atom. The Balaban J connectivity index is 1.93. The number of rotatable bonds is 6. The monoisotopic (exact) mass is 308 g/mol. The minimum absolute atomic E-state index is 0.360. The lowest BCUT2D eigenvalue weighted by Gasteiger charge is -2.05. The molecule has 0 aliphatic rings. The van der Waals surface area contributed by atoms with Gasteiger partial charge in [0, 0.05) is 6.08 Å². The Bertz CT molecular complexity index is 649. The van der Waals surface area contributed by atoms with Crippen molar-refractivity contribution in [2.75, 3.05) is 0 Å². The number of aryl methyl sites for hydroxylation is 1. The number of carbonyl (C=O) groups excluding carboxylic acids is 1.